The van der Waals surface area contributed by atoms with Gasteiger partial charge in [-0.05, 0) is 42.8 Å². The number of aliphatic hydroxyl groups excluding tert-OH is 1. The minimum absolute atomic E-state index is 0.155. The van der Waals surface area contributed by atoms with E-state index >= 15 is 0 Å². The number of benzene rings is 2. The molecular formula is C20H20Cl2N2O5. The quantitative estimate of drug-likeness (QED) is 0.647. The molecule has 9 heteroatoms. The van der Waals surface area contributed by atoms with Gasteiger partial charge in [-0.1, -0.05) is 35.3 Å². The second-order valence-electron chi connectivity index (χ2n) is 6.74. The molecule has 2 aromatic rings. The molecule has 1 aliphatic heterocycles. The molecule has 1 aliphatic rings. The number of hydrogen-bond donors (Lipinski definition) is 2. The molecule has 3 amide bonds. The Hall–Kier alpha value is -2.48. The van der Waals surface area contributed by atoms with E-state index in [1.807, 2.05) is 0 Å². The zero-order chi connectivity index (χ0) is 21.2. The fourth-order valence-corrected chi connectivity index (χ4v) is 3.49. The van der Waals surface area contributed by atoms with E-state index < -0.39 is 23.6 Å². The monoisotopic (exact) mass is 438 g/mol. The molecule has 2 atom stereocenters. The average molecular weight is 439 g/mol. The lowest BCUT2D eigenvalue weighted by Crippen LogP contribution is -2.42. The summed E-state index contributed by atoms with van der Waals surface area (Å²) in [5, 5.41) is 13.7. The number of nitrogens with zero attached hydrogens (tertiary/aromatic N) is 1. The number of carbonyl (C=O) groups excluding carboxylic acids is 2. The highest BCUT2D eigenvalue weighted by molar-refractivity contribution is 6.35. The predicted molar refractivity (Wildman–Crippen MR) is 109 cm³/mol. The van der Waals surface area contributed by atoms with Gasteiger partial charge < -0.3 is 19.9 Å². The van der Waals surface area contributed by atoms with Crippen molar-refractivity contribution in [2.45, 2.75) is 18.6 Å². The number of ether oxygens (including phenoxy) is 2. The lowest BCUT2D eigenvalue weighted by molar-refractivity contribution is -0.132. The number of methoxy groups -OCH3 is 1. The largest absolute Gasteiger partial charge is 0.497 e. The van der Waals surface area contributed by atoms with Gasteiger partial charge in [-0.15, -0.1) is 0 Å². The molecule has 7 nitrogen and oxygen atoms in total. The zero-order valence-corrected chi connectivity index (χ0v) is 17.3. The van der Waals surface area contributed by atoms with Crippen LogP contribution >= 0.6 is 23.2 Å². The fourth-order valence-electron chi connectivity index (χ4n) is 3.02. The Kier molecular flexibility index (Phi) is 6.21. The molecule has 0 saturated carbocycles. The van der Waals surface area contributed by atoms with E-state index in [9.17, 15) is 14.7 Å². The van der Waals surface area contributed by atoms with E-state index in [0.717, 1.165) is 4.90 Å². The first-order valence-corrected chi connectivity index (χ1v) is 9.54. The van der Waals surface area contributed by atoms with Crippen LogP contribution in [0.5, 0.6) is 11.5 Å². The number of carbonyl (C=O) groups is 2. The summed E-state index contributed by atoms with van der Waals surface area (Å²) in [4.78, 5) is 26.3. The summed E-state index contributed by atoms with van der Waals surface area (Å²) < 4.78 is 10.6. The summed E-state index contributed by atoms with van der Waals surface area (Å²) in [7, 11) is 1.54. The minimum atomic E-state index is -1.23. The number of hydrogen-bond acceptors (Lipinski definition) is 5. The van der Waals surface area contributed by atoms with Gasteiger partial charge in [0.2, 0.25) is 0 Å². The van der Waals surface area contributed by atoms with Gasteiger partial charge in [0.25, 0.3) is 5.91 Å². The molecule has 1 heterocycles. The fraction of sp³-hybridized carbons (Fsp3) is 0.300. The maximum absolute atomic E-state index is 12.9. The van der Waals surface area contributed by atoms with E-state index in [-0.39, 0.29) is 13.2 Å². The highest BCUT2D eigenvalue weighted by Crippen LogP contribution is 2.30. The summed E-state index contributed by atoms with van der Waals surface area (Å²) >= 11 is 11.9. The number of imide groups is 1. The third-order valence-corrected chi connectivity index (χ3v) is 5.19. The maximum Gasteiger partial charge on any atom is 0.325 e. The van der Waals surface area contributed by atoms with Crippen LogP contribution in [-0.4, -0.2) is 48.3 Å². The first-order chi connectivity index (χ1) is 13.7. The number of urea groups is 1. The molecule has 0 bridgehead atoms. The van der Waals surface area contributed by atoms with Crippen molar-refractivity contribution in [3.63, 3.8) is 0 Å². The molecule has 2 aromatic carbocycles. The van der Waals surface area contributed by atoms with Crippen LogP contribution in [0.15, 0.2) is 42.5 Å². The molecule has 154 valence electrons. The highest BCUT2D eigenvalue weighted by Gasteiger charge is 2.49. The molecule has 1 saturated heterocycles. The maximum atomic E-state index is 12.9. The van der Waals surface area contributed by atoms with E-state index in [1.165, 1.54) is 6.07 Å². The van der Waals surface area contributed by atoms with Gasteiger partial charge in [0, 0.05) is 5.02 Å². The van der Waals surface area contributed by atoms with Crippen LogP contribution in [0.1, 0.15) is 12.5 Å². The standard InChI is InChI=1S/C20H20Cl2N2O5/c1-20(12-3-6-15(28-2)7-4-12)18(26)24(19(27)23-20)10-14(25)11-29-17-8-5-13(21)9-16(17)22/h3-9,14,25H,10-11H2,1-2H3,(H,23,27)/t14-,20-/m0/s1. The minimum Gasteiger partial charge on any atom is -0.497 e. The second-order valence-corrected chi connectivity index (χ2v) is 7.58. The molecule has 0 aromatic heterocycles. The van der Waals surface area contributed by atoms with E-state index in [0.29, 0.717) is 27.1 Å². The topological polar surface area (TPSA) is 88.1 Å². The van der Waals surface area contributed by atoms with Gasteiger partial charge in [-0.3, -0.25) is 9.69 Å². The van der Waals surface area contributed by atoms with Crippen molar-refractivity contribution in [2.75, 3.05) is 20.3 Å². The molecule has 1 fully saturated rings. The van der Waals surface area contributed by atoms with Gasteiger partial charge in [0.05, 0.1) is 18.7 Å². The smallest absolute Gasteiger partial charge is 0.325 e. The average Bonchev–Trinajstić information content (AvgIpc) is 2.91. The van der Waals surface area contributed by atoms with Gasteiger partial charge in [-0.2, -0.15) is 0 Å². The summed E-state index contributed by atoms with van der Waals surface area (Å²) in [6.07, 6.45) is -1.10. The number of aliphatic hydroxyl groups is 1. The molecule has 0 aliphatic carbocycles. The molecule has 0 spiro atoms. The van der Waals surface area contributed by atoms with Crippen molar-refractivity contribution in [2.24, 2.45) is 0 Å². The van der Waals surface area contributed by atoms with Crippen LogP contribution < -0.4 is 14.8 Å². The zero-order valence-electron chi connectivity index (χ0n) is 15.8. The molecular weight excluding hydrogens is 419 g/mol. The summed E-state index contributed by atoms with van der Waals surface area (Å²) in [6.45, 7) is 1.24. The summed E-state index contributed by atoms with van der Waals surface area (Å²) in [5.41, 5.74) is -0.624. The van der Waals surface area contributed by atoms with Gasteiger partial charge >= 0.3 is 6.03 Å². The normalized spacial score (nSPS) is 19.8. The first-order valence-electron chi connectivity index (χ1n) is 8.79. The van der Waals surface area contributed by atoms with Crippen molar-refractivity contribution in [3.8, 4) is 11.5 Å². The SMILES string of the molecule is COc1ccc([C@]2(C)NC(=O)N(C[C@H](O)COc3ccc(Cl)cc3Cl)C2=O)cc1. The third-order valence-electron chi connectivity index (χ3n) is 4.66. The predicted octanol–water partition coefficient (Wildman–Crippen LogP) is 3.21. The lowest BCUT2D eigenvalue weighted by Gasteiger charge is -2.23. The number of nitrogens with one attached hydrogen (secondary N) is 1. The van der Waals surface area contributed by atoms with Crippen LogP contribution in [0.3, 0.4) is 0 Å². The van der Waals surface area contributed by atoms with E-state index in [2.05, 4.69) is 5.32 Å². The Labute approximate surface area is 178 Å². The number of halogens is 2. The summed E-state index contributed by atoms with van der Waals surface area (Å²) in [6, 6.07) is 11.0. The Morgan fingerprint density at radius 3 is 2.48 bits per heavy atom. The lowest BCUT2D eigenvalue weighted by atomic mass is 9.92. The third kappa shape index (κ3) is 4.42. The Morgan fingerprint density at radius 1 is 1.17 bits per heavy atom. The Balaban J connectivity index is 1.66. The van der Waals surface area contributed by atoms with Gasteiger partial charge in [-0.25, -0.2) is 4.79 Å². The van der Waals surface area contributed by atoms with Crippen molar-refractivity contribution in [1.29, 1.82) is 0 Å². The van der Waals surface area contributed by atoms with Crippen LogP contribution in [0.4, 0.5) is 4.79 Å². The van der Waals surface area contributed by atoms with Gasteiger partial charge in [0.15, 0.2) is 0 Å². The Morgan fingerprint density at radius 2 is 1.86 bits per heavy atom. The number of β-amino-alcohol motifs (C(OH)–C–C–N with tert-alkyl or cyclic N) is 1. The van der Waals surface area contributed by atoms with Crippen molar-refractivity contribution < 1.29 is 24.2 Å². The number of amides is 3. The Bertz CT molecular complexity index is 922. The van der Waals surface area contributed by atoms with Crippen LogP contribution in [0.25, 0.3) is 0 Å². The molecule has 0 radical (unpaired) electrons. The first kappa shape index (κ1) is 21.2. The van der Waals surface area contributed by atoms with Crippen molar-refractivity contribution in [1.82, 2.24) is 10.2 Å². The van der Waals surface area contributed by atoms with Crippen molar-refractivity contribution >= 4 is 35.1 Å². The molecule has 3 rings (SSSR count). The van der Waals surface area contributed by atoms with E-state index in [4.69, 9.17) is 32.7 Å². The second kappa shape index (κ2) is 8.49. The highest BCUT2D eigenvalue weighted by atomic mass is 35.5. The van der Waals surface area contributed by atoms with Crippen LogP contribution in [0, 0.1) is 0 Å². The molecule has 29 heavy (non-hydrogen) atoms. The van der Waals surface area contributed by atoms with E-state index in [1.54, 1.807) is 50.4 Å². The molecule has 2 N–H and O–H groups in total. The molecule has 0 unspecified atom stereocenters. The van der Waals surface area contributed by atoms with Gasteiger partial charge in [0.1, 0.15) is 29.7 Å². The van der Waals surface area contributed by atoms with Crippen LogP contribution in [0.2, 0.25) is 10.0 Å². The van der Waals surface area contributed by atoms with Crippen LogP contribution in [-0.2, 0) is 10.3 Å². The van der Waals surface area contributed by atoms with Crippen molar-refractivity contribution in [3.05, 3.63) is 58.1 Å². The number of rotatable bonds is 7. The summed E-state index contributed by atoms with van der Waals surface area (Å²) in [5.74, 6) is 0.519.